The van der Waals surface area contributed by atoms with E-state index in [-0.39, 0.29) is 38.7 Å². The number of carbonyl (C=O) groups is 4. The fourth-order valence-electron chi connectivity index (χ4n) is 3.66. The van der Waals surface area contributed by atoms with E-state index in [0.717, 1.165) is 0 Å². The van der Waals surface area contributed by atoms with Gasteiger partial charge in [0.2, 0.25) is 11.8 Å². The van der Waals surface area contributed by atoms with Gasteiger partial charge in [-0.15, -0.1) is 0 Å². The van der Waals surface area contributed by atoms with Crippen LogP contribution in [0, 0.1) is 0 Å². The van der Waals surface area contributed by atoms with E-state index in [0.29, 0.717) is 30.4 Å². The minimum absolute atomic E-state index is 0.0376. The topological polar surface area (TPSA) is 190 Å². The lowest BCUT2D eigenvalue weighted by Gasteiger charge is -2.42. The van der Waals surface area contributed by atoms with Gasteiger partial charge in [0, 0.05) is 31.0 Å². The molecule has 0 spiro atoms. The number of ether oxygens (including phenoxy) is 4. The first-order chi connectivity index (χ1) is 16.6. The lowest BCUT2D eigenvalue weighted by molar-refractivity contribution is -0.272. The Kier molecular flexibility index (Phi) is 11.7. The summed E-state index contributed by atoms with van der Waals surface area (Å²) in [5, 5.41) is 34.6. The molecule has 0 bridgehead atoms. The van der Waals surface area contributed by atoms with Crippen LogP contribution in [0.15, 0.2) is 11.1 Å². The van der Waals surface area contributed by atoms with Crippen molar-refractivity contribution < 1.29 is 53.4 Å². The van der Waals surface area contributed by atoms with Crippen molar-refractivity contribution in [2.24, 2.45) is 0 Å². The molecule has 0 aromatic heterocycles. The molecule has 2 aliphatic heterocycles. The van der Waals surface area contributed by atoms with Crippen LogP contribution in [0.2, 0.25) is 0 Å². The fourth-order valence-corrected chi connectivity index (χ4v) is 3.66. The Morgan fingerprint density at radius 2 is 1.80 bits per heavy atom. The van der Waals surface area contributed by atoms with Gasteiger partial charge in [-0.05, 0) is 26.2 Å². The molecule has 0 aromatic carbocycles. The summed E-state index contributed by atoms with van der Waals surface area (Å²) in [5.74, 6) is -1.84. The molecule has 2 aliphatic rings. The molecule has 2 amide bonds. The molecule has 198 valence electrons. The third kappa shape index (κ3) is 8.63. The summed E-state index contributed by atoms with van der Waals surface area (Å²) in [6.45, 7) is 2.92. The number of carbonyl (C=O) groups excluding carboxylic acids is 4. The number of hydrogen-bond donors (Lipinski definition) is 5. The van der Waals surface area contributed by atoms with Crippen molar-refractivity contribution in [3.05, 3.63) is 11.1 Å². The Morgan fingerprint density at radius 1 is 1.06 bits per heavy atom. The van der Waals surface area contributed by atoms with E-state index in [1.807, 2.05) is 0 Å². The van der Waals surface area contributed by atoms with Crippen LogP contribution in [0.3, 0.4) is 0 Å². The second kappa shape index (κ2) is 14.2. The Balaban J connectivity index is 1.57. The number of esters is 2. The van der Waals surface area contributed by atoms with E-state index < -0.39 is 55.1 Å². The first-order valence-corrected chi connectivity index (χ1v) is 11.5. The summed E-state index contributed by atoms with van der Waals surface area (Å²) in [6.07, 6.45) is -3.17. The van der Waals surface area contributed by atoms with Crippen LogP contribution in [0.1, 0.15) is 39.5 Å². The van der Waals surface area contributed by atoms with Gasteiger partial charge in [0.25, 0.3) is 0 Å². The molecular formula is C22H34N2O11. The van der Waals surface area contributed by atoms with Gasteiger partial charge < -0.3 is 44.9 Å². The van der Waals surface area contributed by atoms with Crippen molar-refractivity contribution in [3.8, 4) is 0 Å². The normalized spacial score (nSPS) is 26.6. The van der Waals surface area contributed by atoms with Crippen LogP contribution >= 0.6 is 0 Å². The van der Waals surface area contributed by atoms with Gasteiger partial charge in [-0.1, -0.05) is 0 Å². The van der Waals surface area contributed by atoms with Crippen LogP contribution in [0.5, 0.6) is 0 Å². The van der Waals surface area contributed by atoms with Gasteiger partial charge in [-0.3, -0.25) is 9.59 Å². The summed E-state index contributed by atoms with van der Waals surface area (Å²) in [6, 6.07) is -1.02. The van der Waals surface area contributed by atoms with Crippen molar-refractivity contribution in [1.82, 2.24) is 10.6 Å². The molecule has 0 unspecified atom stereocenters. The average molecular weight is 503 g/mol. The highest BCUT2D eigenvalue weighted by Crippen LogP contribution is 2.23. The molecule has 2 heterocycles. The molecule has 2 rings (SSSR count). The fraction of sp³-hybridized carbons (Fsp3) is 0.727. The highest BCUT2D eigenvalue weighted by Gasteiger charge is 2.45. The lowest BCUT2D eigenvalue weighted by atomic mass is 9.97. The summed E-state index contributed by atoms with van der Waals surface area (Å²) in [7, 11) is 0. The van der Waals surface area contributed by atoms with E-state index >= 15 is 0 Å². The Hall–Kier alpha value is -2.42. The maximum atomic E-state index is 11.9. The second-order valence-corrected chi connectivity index (χ2v) is 8.25. The molecule has 1 fully saturated rings. The van der Waals surface area contributed by atoms with Crippen LogP contribution in [0.4, 0.5) is 0 Å². The quantitative estimate of drug-likeness (QED) is 0.101. The van der Waals surface area contributed by atoms with Gasteiger partial charge in [-0.2, -0.15) is 0 Å². The van der Waals surface area contributed by atoms with Crippen LogP contribution in [-0.2, 0) is 38.1 Å². The lowest BCUT2D eigenvalue weighted by Crippen LogP contribution is -2.64. The minimum Gasteiger partial charge on any atom is -0.394 e. The van der Waals surface area contributed by atoms with E-state index in [9.17, 15) is 34.5 Å². The Morgan fingerprint density at radius 3 is 2.43 bits per heavy atom. The molecule has 5 atom stereocenters. The van der Waals surface area contributed by atoms with E-state index in [2.05, 4.69) is 15.4 Å². The third-order valence-corrected chi connectivity index (χ3v) is 5.60. The zero-order chi connectivity index (χ0) is 26.0. The Labute approximate surface area is 202 Å². The number of hydrogen-bond acceptors (Lipinski definition) is 11. The van der Waals surface area contributed by atoms with Crippen LogP contribution in [-0.4, -0.2) is 103 Å². The zero-order valence-electron chi connectivity index (χ0n) is 19.9. The predicted molar refractivity (Wildman–Crippen MR) is 117 cm³/mol. The number of amides is 2. The first kappa shape index (κ1) is 28.8. The molecule has 5 N–H and O–H groups in total. The monoisotopic (exact) mass is 502 g/mol. The standard InChI is InChI=1S/C22H34N2O11/c1-12-14(21(31)35-20(12)30)5-3-4-6-16(27)23-7-8-32-9-10-33-22-17(24-13(2)26)19(29)18(28)15(11-25)34-22/h15,17-19,22,25,28-29H,3-11H2,1-2H3,(H,23,27)(H,24,26)/t15-,17-,18+,19-,22-/m1/s1. The average Bonchev–Trinajstić information content (AvgIpc) is 3.05. The number of nitrogens with one attached hydrogen (secondary N) is 2. The molecule has 0 radical (unpaired) electrons. The summed E-state index contributed by atoms with van der Waals surface area (Å²) in [5.41, 5.74) is 0.689. The molecule has 0 saturated carbocycles. The first-order valence-electron chi connectivity index (χ1n) is 11.5. The van der Waals surface area contributed by atoms with E-state index in [4.69, 9.17) is 14.2 Å². The molecule has 0 aliphatic carbocycles. The highest BCUT2D eigenvalue weighted by molar-refractivity contribution is 6.11. The Bertz CT molecular complexity index is 800. The van der Waals surface area contributed by atoms with E-state index in [1.54, 1.807) is 6.92 Å². The maximum absolute atomic E-state index is 11.9. The van der Waals surface area contributed by atoms with Gasteiger partial charge in [0.1, 0.15) is 24.4 Å². The smallest absolute Gasteiger partial charge is 0.342 e. The molecule has 13 nitrogen and oxygen atoms in total. The van der Waals surface area contributed by atoms with Crippen molar-refractivity contribution in [2.75, 3.05) is 33.0 Å². The summed E-state index contributed by atoms with van der Waals surface area (Å²) < 4.78 is 20.9. The molecule has 35 heavy (non-hydrogen) atoms. The number of cyclic esters (lactones) is 2. The molecule has 1 saturated heterocycles. The van der Waals surface area contributed by atoms with Gasteiger partial charge >= 0.3 is 11.9 Å². The van der Waals surface area contributed by atoms with Crippen LogP contribution < -0.4 is 10.6 Å². The maximum Gasteiger partial charge on any atom is 0.342 e. The second-order valence-electron chi connectivity index (χ2n) is 8.25. The highest BCUT2D eigenvalue weighted by atomic mass is 16.7. The molecule has 13 heteroatoms. The number of unbranched alkanes of at least 4 members (excludes halogenated alkanes) is 1. The molecule has 0 aromatic rings. The number of rotatable bonds is 14. The number of aliphatic hydroxyl groups is 3. The summed E-state index contributed by atoms with van der Waals surface area (Å²) in [4.78, 5) is 46.1. The van der Waals surface area contributed by atoms with Crippen molar-refractivity contribution in [3.63, 3.8) is 0 Å². The molecular weight excluding hydrogens is 468 g/mol. The third-order valence-electron chi connectivity index (χ3n) is 5.60. The van der Waals surface area contributed by atoms with Gasteiger partial charge in [-0.25, -0.2) is 9.59 Å². The van der Waals surface area contributed by atoms with E-state index in [1.165, 1.54) is 6.92 Å². The minimum atomic E-state index is -1.39. The van der Waals surface area contributed by atoms with Crippen molar-refractivity contribution in [2.45, 2.75) is 70.2 Å². The zero-order valence-corrected chi connectivity index (χ0v) is 19.9. The van der Waals surface area contributed by atoms with Crippen molar-refractivity contribution >= 4 is 23.8 Å². The summed E-state index contributed by atoms with van der Waals surface area (Å²) >= 11 is 0. The van der Waals surface area contributed by atoms with Crippen molar-refractivity contribution in [1.29, 1.82) is 0 Å². The number of aliphatic hydroxyl groups excluding tert-OH is 3. The van der Waals surface area contributed by atoms with Crippen LogP contribution in [0.25, 0.3) is 0 Å². The largest absolute Gasteiger partial charge is 0.394 e. The van der Waals surface area contributed by atoms with Gasteiger partial charge in [0.15, 0.2) is 6.29 Å². The predicted octanol–water partition coefficient (Wildman–Crippen LogP) is -1.96. The SMILES string of the molecule is CC(=O)N[C@H]1[C@H](OCCOCCNC(=O)CCCCC2=C(C)C(=O)OC2=O)O[C@H](CO)[C@H](O)[C@@H]1O. The van der Waals surface area contributed by atoms with Gasteiger partial charge in [0.05, 0.1) is 26.4 Å².